The number of aryl methyl sites for hydroxylation is 1. The summed E-state index contributed by atoms with van der Waals surface area (Å²) in [6, 6.07) is 5.71. The fourth-order valence-corrected chi connectivity index (χ4v) is 3.08. The Bertz CT molecular complexity index is 411. The summed E-state index contributed by atoms with van der Waals surface area (Å²) in [5.74, 6) is 0.590. The van der Waals surface area contributed by atoms with E-state index in [1.165, 1.54) is 25.9 Å². The van der Waals surface area contributed by atoms with Crippen molar-refractivity contribution in [3.05, 3.63) is 29.6 Å². The van der Waals surface area contributed by atoms with Gasteiger partial charge in [0.2, 0.25) is 0 Å². The van der Waals surface area contributed by atoms with E-state index in [-0.39, 0.29) is 5.82 Å². The zero-order valence-corrected chi connectivity index (χ0v) is 10.2. The van der Waals surface area contributed by atoms with E-state index in [1.807, 2.05) is 19.1 Å². The highest BCUT2D eigenvalue weighted by Gasteiger charge is 2.34. The summed E-state index contributed by atoms with van der Waals surface area (Å²) in [4.78, 5) is 2.48. The summed E-state index contributed by atoms with van der Waals surface area (Å²) >= 11 is 0. The normalized spacial score (nSPS) is 31.5. The van der Waals surface area contributed by atoms with Gasteiger partial charge in [-0.3, -0.25) is 0 Å². The Kier molecular flexibility index (Phi) is 2.79. The van der Waals surface area contributed by atoms with Crippen LogP contribution in [0, 0.1) is 18.7 Å². The molecule has 3 heterocycles. The van der Waals surface area contributed by atoms with Crippen molar-refractivity contribution >= 4 is 5.69 Å². The highest BCUT2D eigenvalue weighted by molar-refractivity contribution is 5.48. The Labute approximate surface area is 102 Å². The van der Waals surface area contributed by atoms with Crippen LogP contribution in [0.15, 0.2) is 18.2 Å². The lowest BCUT2D eigenvalue weighted by Crippen LogP contribution is -2.53. The average Bonchev–Trinajstić information content (AvgIpc) is 2.35. The zero-order chi connectivity index (χ0) is 11.8. The standard InChI is InChI=1S/C14H19FN2/c1-10-2-3-12(15)13(8-10)16-14-9-17-6-4-11(14)5-7-17/h2-3,8,11,14,16H,4-7,9H2,1H3. The molecular formula is C14H19FN2. The predicted molar refractivity (Wildman–Crippen MR) is 67.7 cm³/mol. The molecule has 1 aromatic rings. The maximum absolute atomic E-state index is 13.7. The van der Waals surface area contributed by atoms with Crippen molar-refractivity contribution < 1.29 is 4.39 Å². The van der Waals surface area contributed by atoms with Crippen LogP contribution in [0.1, 0.15) is 18.4 Å². The smallest absolute Gasteiger partial charge is 0.146 e. The van der Waals surface area contributed by atoms with Crippen molar-refractivity contribution in [3.63, 3.8) is 0 Å². The highest BCUT2D eigenvalue weighted by atomic mass is 19.1. The Morgan fingerprint density at radius 2 is 2.06 bits per heavy atom. The van der Waals surface area contributed by atoms with Gasteiger partial charge in [0.1, 0.15) is 5.82 Å². The molecule has 0 radical (unpaired) electrons. The van der Waals surface area contributed by atoms with E-state index >= 15 is 0 Å². The first-order chi connectivity index (χ1) is 8.22. The number of hydrogen-bond acceptors (Lipinski definition) is 2. The molecule has 2 nitrogen and oxygen atoms in total. The van der Waals surface area contributed by atoms with Crippen LogP contribution < -0.4 is 5.32 Å². The van der Waals surface area contributed by atoms with E-state index in [9.17, 15) is 4.39 Å². The van der Waals surface area contributed by atoms with E-state index < -0.39 is 0 Å². The van der Waals surface area contributed by atoms with Crippen LogP contribution in [0.5, 0.6) is 0 Å². The van der Waals surface area contributed by atoms with Crippen molar-refractivity contribution in [2.45, 2.75) is 25.8 Å². The molecule has 92 valence electrons. The molecule has 0 saturated carbocycles. The third-order valence-corrected chi connectivity index (χ3v) is 4.12. The van der Waals surface area contributed by atoms with E-state index in [4.69, 9.17) is 0 Å². The molecule has 3 aliphatic rings. The SMILES string of the molecule is Cc1ccc(F)c(NC2CN3CCC2CC3)c1. The highest BCUT2D eigenvalue weighted by Crippen LogP contribution is 2.30. The fourth-order valence-electron chi connectivity index (χ4n) is 3.08. The van der Waals surface area contributed by atoms with Crippen LogP contribution in [0.4, 0.5) is 10.1 Å². The van der Waals surface area contributed by atoms with Crippen LogP contribution in [-0.4, -0.2) is 30.6 Å². The Balaban J connectivity index is 1.76. The predicted octanol–water partition coefficient (Wildman–Crippen LogP) is 2.64. The quantitative estimate of drug-likeness (QED) is 0.846. The molecule has 3 fully saturated rings. The van der Waals surface area contributed by atoms with Gasteiger partial charge in [-0.1, -0.05) is 6.07 Å². The summed E-state index contributed by atoms with van der Waals surface area (Å²) in [7, 11) is 0. The van der Waals surface area contributed by atoms with Gasteiger partial charge in [0, 0.05) is 12.6 Å². The molecule has 3 aliphatic heterocycles. The molecule has 4 rings (SSSR count). The second-order valence-electron chi connectivity index (χ2n) is 5.37. The van der Waals surface area contributed by atoms with Crippen molar-refractivity contribution in [2.24, 2.45) is 5.92 Å². The molecule has 1 atom stereocenters. The number of halogens is 1. The molecule has 0 aliphatic carbocycles. The van der Waals surface area contributed by atoms with E-state index in [0.717, 1.165) is 18.0 Å². The first-order valence-corrected chi connectivity index (χ1v) is 6.47. The third kappa shape index (κ3) is 2.16. The first kappa shape index (κ1) is 11.0. The first-order valence-electron chi connectivity index (χ1n) is 6.47. The number of benzene rings is 1. The lowest BCUT2D eigenvalue weighted by Gasteiger charge is -2.45. The minimum Gasteiger partial charge on any atom is -0.378 e. The van der Waals surface area contributed by atoms with Crippen molar-refractivity contribution in [3.8, 4) is 0 Å². The third-order valence-electron chi connectivity index (χ3n) is 4.12. The van der Waals surface area contributed by atoms with Gasteiger partial charge in [0.25, 0.3) is 0 Å². The van der Waals surface area contributed by atoms with Crippen molar-refractivity contribution in [2.75, 3.05) is 25.0 Å². The molecule has 1 aromatic carbocycles. The maximum atomic E-state index is 13.7. The lowest BCUT2D eigenvalue weighted by molar-refractivity contribution is 0.0974. The second-order valence-corrected chi connectivity index (χ2v) is 5.37. The van der Waals surface area contributed by atoms with E-state index in [2.05, 4.69) is 10.2 Å². The number of rotatable bonds is 2. The number of nitrogens with zero attached hydrogens (tertiary/aromatic N) is 1. The van der Waals surface area contributed by atoms with Crippen LogP contribution in [-0.2, 0) is 0 Å². The minimum absolute atomic E-state index is 0.132. The molecular weight excluding hydrogens is 215 g/mol. The van der Waals surface area contributed by atoms with Crippen LogP contribution >= 0.6 is 0 Å². The number of piperidine rings is 3. The summed E-state index contributed by atoms with van der Waals surface area (Å²) in [5.41, 5.74) is 1.78. The molecule has 0 spiro atoms. The largest absolute Gasteiger partial charge is 0.378 e. The molecule has 3 saturated heterocycles. The van der Waals surface area contributed by atoms with E-state index in [1.54, 1.807) is 6.07 Å². The number of fused-ring (bicyclic) bond motifs is 3. The van der Waals surface area contributed by atoms with E-state index in [0.29, 0.717) is 11.7 Å². The average molecular weight is 234 g/mol. The second kappa shape index (κ2) is 4.30. The molecule has 1 N–H and O–H groups in total. The van der Waals surface area contributed by atoms with Gasteiger partial charge in [0.05, 0.1) is 5.69 Å². The number of hydrogen-bond donors (Lipinski definition) is 1. The Hall–Kier alpha value is -1.09. The van der Waals surface area contributed by atoms with Gasteiger partial charge < -0.3 is 10.2 Å². The molecule has 3 heteroatoms. The Morgan fingerprint density at radius 1 is 1.29 bits per heavy atom. The molecule has 17 heavy (non-hydrogen) atoms. The van der Waals surface area contributed by atoms with Crippen LogP contribution in [0.25, 0.3) is 0 Å². The number of anilines is 1. The van der Waals surface area contributed by atoms with Crippen LogP contribution in [0.3, 0.4) is 0 Å². The maximum Gasteiger partial charge on any atom is 0.146 e. The Morgan fingerprint density at radius 3 is 2.71 bits per heavy atom. The topological polar surface area (TPSA) is 15.3 Å². The monoisotopic (exact) mass is 234 g/mol. The summed E-state index contributed by atoms with van der Waals surface area (Å²) < 4.78 is 13.7. The fraction of sp³-hybridized carbons (Fsp3) is 0.571. The summed E-state index contributed by atoms with van der Waals surface area (Å²) in [6.45, 7) is 5.51. The van der Waals surface area contributed by atoms with Crippen molar-refractivity contribution in [1.29, 1.82) is 0 Å². The van der Waals surface area contributed by atoms with Gasteiger partial charge in [-0.25, -0.2) is 4.39 Å². The molecule has 1 unspecified atom stereocenters. The molecule has 0 aromatic heterocycles. The lowest BCUT2D eigenvalue weighted by atomic mass is 9.84. The summed E-state index contributed by atoms with van der Waals surface area (Å²) in [6.07, 6.45) is 2.51. The minimum atomic E-state index is -0.132. The van der Waals surface area contributed by atoms with Gasteiger partial charge in [0.15, 0.2) is 0 Å². The van der Waals surface area contributed by atoms with Gasteiger partial charge >= 0.3 is 0 Å². The number of nitrogens with one attached hydrogen (secondary N) is 1. The molecule has 2 bridgehead atoms. The molecule has 0 amide bonds. The summed E-state index contributed by atoms with van der Waals surface area (Å²) in [5, 5.41) is 3.40. The zero-order valence-electron chi connectivity index (χ0n) is 10.2. The van der Waals surface area contributed by atoms with Gasteiger partial charge in [-0.05, 0) is 56.5 Å². The van der Waals surface area contributed by atoms with Crippen LogP contribution in [0.2, 0.25) is 0 Å². The van der Waals surface area contributed by atoms with Gasteiger partial charge in [-0.15, -0.1) is 0 Å². The van der Waals surface area contributed by atoms with Gasteiger partial charge in [-0.2, -0.15) is 0 Å². The van der Waals surface area contributed by atoms with Crippen molar-refractivity contribution in [1.82, 2.24) is 4.90 Å².